The van der Waals surface area contributed by atoms with Crippen molar-refractivity contribution < 1.29 is 4.79 Å². The van der Waals surface area contributed by atoms with Crippen molar-refractivity contribution in [3.63, 3.8) is 0 Å². The van der Waals surface area contributed by atoms with E-state index in [9.17, 15) is 4.79 Å². The van der Waals surface area contributed by atoms with Crippen molar-refractivity contribution in [1.82, 2.24) is 15.0 Å². The molecule has 5 nitrogen and oxygen atoms in total. The van der Waals surface area contributed by atoms with E-state index in [2.05, 4.69) is 34.1 Å². The third-order valence-corrected chi connectivity index (χ3v) is 6.40. The van der Waals surface area contributed by atoms with Gasteiger partial charge in [-0.25, -0.2) is 9.97 Å². The number of fused-ring (bicyclic) bond motifs is 2. The minimum atomic E-state index is 0.631. The summed E-state index contributed by atoms with van der Waals surface area (Å²) in [6.45, 7) is 0.823. The number of aldehydes is 1. The molecule has 1 aliphatic heterocycles. The van der Waals surface area contributed by atoms with Crippen LogP contribution in [0.2, 0.25) is 5.02 Å². The molecule has 2 aromatic heterocycles. The van der Waals surface area contributed by atoms with Crippen LogP contribution in [0.3, 0.4) is 0 Å². The number of pyridine rings is 1. The fourth-order valence-corrected chi connectivity index (χ4v) is 4.66. The molecule has 164 valence electrons. The van der Waals surface area contributed by atoms with Gasteiger partial charge >= 0.3 is 0 Å². The molecule has 0 unspecified atom stereocenters. The summed E-state index contributed by atoms with van der Waals surface area (Å²) in [5, 5.41) is 1.72. The SMILES string of the molecule is O=Cc1ccc(-c2ccc3c(N4CCc5cc(Cl)ccc54)nc(-c4cccnc4)nc3c2)cc1. The zero-order valence-corrected chi connectivity index (χ0v) is 18.9. The number of halogens is 1. The lowest BCUT2D eigenvalue weighted by Gasteiger charge is -2.21. The van der Waals surface area contributed by atoms with E-state index >= 15 is 0 Å². The first-order chi connectivity index (χ1) is 16.7. The van der Waals surface area contributed by atoms with Crippen molar-refractivity contribution in [2.24, 2.45) is 0 Å². The van der Waals surface area contributed by atoms with Crippen LogP contribution in [0.4, 0.5) is 11.5 Å². The van der Waals surface area contributed by atoms with Crippen LogP contribution in [-0.4, -0.2) is 27.8 Å². The third-order valence-electron chi connectivity index (χ3n) is 6.17. The molecular formula is C28H19ClN4O. The molecule has 0 saturated carbocycles. The highest BCUT2D eigenvalue weighted by atomic mass is 35.5. The van der Waals surface area contributed by atoms with Crippen molar-refractivity contribution in [3.8, 4) is 22.5 Å². The fourth-order valence-electron chi connectivity index (χ4n) is 4.47. The van der Waals surface area contributed by atoms with Gasteiger partial charge in [-0.3, -0.25) is 9.78 Å². The quantitative estimate of drug-likeness (QED) is 0.284. The van der Waals surface area contributed by atoms with Gasteiger partial charge in [-0.05, 0) is 65.6 Å². The minimum absolute atomic E-state index is 0.631. The van der Waals surface area contributed by atoms with Gasteiger partial charge in [0.1, 0.15) is 12.1 Å². The number of hydrogen-bond donors (Lipinski definition) is 0. The predicted octanol–water partition coefficient (Wildman–Crippen LogP) is 6.52. The molecular weight excluding hydrogens is 444 g/mol. The molecule has 34 heavy (non-hydrogen) atoms. The highest BCUT2D eigenvalue weighted by molar-refractivity contribution is 6.30. The molecule has 0 N–H and O–H groups in total. The van der Waals surface area contributed by atoms with Gasteiger partial charge in [-0.15, -0.1) is 0 Å². The van der Waals surface area contributed by atoms with Crippen molar-refractivity contribution in [2.75, 3.05) is 11.4 Å². The van der Waals surface area contributed by atoms with Gasteiger partial charge in [0, 0.05) is 46.2 Å². The van der Waals surface area contributed by atoms with Gasteiger partial charge in [0.25, 0.3) is 0 Å². The van der Waals surface area contributed by atoms with E-state index in [1.165, 1.54) is 5.56 Å². The summed E-state index contributed by atoms with van der Waals surface area (Å²) in [6, 6.07) is 23.7. The van der Waals surface area contributed by atoms with Gasteiger partial charge < -0.3 is 4.90 Å². The van der Waals surface area contributed by atoms with E-state index < -0.39 is 0 Å². The summed E-state index contributed by atoms with van der Waals surface area (Å²) in [6.07, 6.45) is 5.29. The van der Waals surface area contributed by atoms with Crippen LogP contribution in [0, 0.1) is 0 Å². The van der Waals surface area contributed by atoms with E-state index in [1.807, 2.05) is 48.5 Å². The molecule has 3 aromatic carbocycles. The van der Waals surface area contributed by atoms with Crippen molar-refractivity contribution >= 4 is 40.3 Å². The van der Waals surface area contributed by atoms with Crippen molar-refractivity contribution in [3.05, 3.63) is 101 Å². The topological polar surface area (TPSA) is 59.0 Å². The molecule has 0 amide bonds. The molecule has 0 radical (unpaired) electrons. The molecule has 0 saturated heterocycles. The maximum atomic E-state index is 11.0. The Balaban J connectivity index is 1.54. The summed E-state index contributed by atoms with van der Waals surface area (Å²) in [5.41, 5.74) is 6.76. The summed E-state index contributed by atoms with van der Waals surface area (Å²) in [5.74, 6) is 1.50. The van der Waals surface area contributed by atoms with Gasteiger partial charge in [-0.2, -0.15) is 0 Å². The predicted molar refractivity (Wildman–Crippen MR) is 136 cm³/mol. The number of aromatic nitrogens is 3. The summed E-state index contributed by atoms with van der Waals surface area (Å²) < 4.78 is 0. The number of nitrogens with zero attached hydrogens (tertiary/aromatic N) is 4. The number of carbonyl (C=O) groups excluding carboxylic acids is 1. The average Bonchev–Trinajstić information content (AvgIpc) is 3.31. The van der Waals surface area contributed by atoms with Crippen molar-refractivity contribution in [2.45, 2.75) is 6.42 Å². The minimum Gasteiger partial charge on any atom is -0.325 e. The Hall–Kier alpha value is -4.09. The number of hydrogen-bond acceptors (Lipinski definition) is 5. The van der Waals surface area contributed by atoms with Crippen molar-refractivity contribution in [1.29, 1.82) is 0 Å². The molecule has 0 fully saturated rings. The van der Waals surface area contributed by atoms with Crippen LogP contribution in [0.25, 0.3) is 33.4 Å². The van der Waals surface area contributed by atoms with Crippen LogP contribution < -0.4 is 4.90 Å². The molecule has 3 heterocycles. The highest BCUT2D eigenvalue weighted by Crippen LogP contribution is 2.39. The first kappa shape index (κ1) is 20.5. The van der Waals surface area contributed by atoms with E-state index in [0.717, 1.165) is 63.4 Å². The Morgan fingerprint density at radius 2 is 1.74 bits per heavy atom. The standard InChI is InChI=1S/C28H19ClN4O/c29-23-8-10-26-21(14-23)11-13-33(26)28-24-9-7-20(19-5-3-18(17-34)4-6-19)15-25(24)31-27(32-28)22-2-1-12-30-16-22/h1-10,12,14-17H,11,13H2. The maximum Gasteiger partial charge on any atom is 0.163 e. The van der Waals surface area contributed by atoms with Gasteiger partial charge in [0.05, 0.1) is 5.52 Å². The van der Waals surface area contributed by atoms with Crippen LogP contribution in [0.1, 0.15) is 15.9 Å². The van der Waals surface area contributed by atoms with E-state index in [0.29, 0.717) is 11.4 Å². The van der Waals surface area contributed by atoms with E-state index in [4.69, 9.17) is 21.6 Å². The zero-order valence-electron chi connectivity index (χ0n) is 18.1. The Morgan fingerprint density at radius 1 is 0.882 bits per heavy atom. The second-order valence-corrected chi connectivity index (χ2v) is 8.70. The molecule has 0 atom stereocenters. The highest BCUT2D eigenvalue weighted by Gasteiger charge is 2.24. The third kappa shape index (κ3) is 3.60. The summed E-state index contributed by atoms with van der Waals surface area (Å²) >= 11 is 6.24. The number of carbonyl (C=O) groups is 1. The summed E-state index contributed by atoms with van der Waals surface area (Å²) in [7, 11) is 0. The Bertz CT molecular complexity index is 1530. The molecule has 0 spiro atoms. The van der Waals surface area contributed by atoms with Crippen LogP contribution in [-0.2, 0) is 6.42 Å². The lowest BCUT2D eigenvalue weighted by molar-refractivity contribution is 0.112. The maximum absolute atomic E-state index is 11.0. The largest absolute Gasteiger partial charge is 0.325 e. The first-order valence-corrected chi connectivity index (χ1v) is 11.4. The number of rotatable bonds is 4. The fraction of sp³-hybridized carbons (Fsp3) is 0.0714. The van der Waals surface area contributed by atoms with Crippen LogP contribution >= 0.6 is 11.6 Å². The molecule has 0 aliphatic carbocycles. The Kier molecular flexibility index (Phi) is 5.04. The Morgan fingerprint density at radius 3 is 2.53 bits per heavy atom. The lowest BCUT2D eigenvalue weighted by atomic mass is 10.0. The lowest BCUT2D eigenvalue weighted by Crippen LogP contribution is -2.16. The molecule has 6 rings (SSSR count). The molecule has 1 aliphatic rings. The molecule has 6 heteroatoms. The van der Waals surface area contributed by atoms with Gasteiger partial charge in [-0.1, -0.05) is 41.9 Å². The normalized spacial score (nSPS) is 12.7. The second-order valence-electron chi connectivity index (χ2n) is 8.26. The zero-order chi connectivity index (χ0) is 23.1. The monoisotopic (exact) mass is 462 g/mol. The first-order valence-electron chi connectivity index (χ1n) is 11.0. The number of anilines is 2. The van der Waals surface area contributed by atoms with Crippen LogP contribution in [0.5, 0.6) is 0 Å². The number of benzene rings is 3. The van der Waals surface area contributed by atoms with Gasteiger partial charge in [0.15, 0.2) is 5.82 Å². The average molecular weight is 463 g/mol. The summed E-state index contributed by atoms with van der Waals surface area (Å²) in [4.78, 5) is 27.5. The Labute approximate surface area is 201 Å². The second kappa shape index (κ2) is 8.36. The van der Waals surface area contributed by atoms with E-state index in [1.54, 1.807) is 12.4 Å². The molecule has 0 bridgehead atoms. The van der Waals surface area contributed by atoms with E-state index in [-0.39, 0.29) is 0 Å². The molecule has 5 aromatic rings. The smallest absolute Gasteiger partial charge is 0.163 e. The van der Waals surface area contributed by atoms with Crippen LogP contribution in [0.15, 0.2) is 85.2 Å². The van der Waals surface area contributed by atoms with Gasteiger partial charge in [0.2, 0.25) is 0 Å².